The molecule has 0 radical (unpaired) electrons. The molecule has 2 atom stereocenters. The summed E-state index contributed by atoms with van der Waals surface area (Å²) in [6.45, 7) is 4.35. The summed E-state index contributed by atoms with van der Waals surface area (Å²) in [6, 6.07) is 1.28. The van der Waals surface area contributed by atoms with E-state index in [1.54, 1.807) is 0 Å². The fourth-order valence-corrected chi connectivity index (χ4v) is 4.92. The largest absolute Gasteiger partial charge is 0.379 e. The van der Waals surface area contributed by atoms with Gasteiger partial charge in [0.05, 0.1) is 18.9 Å². The van der Waals surface area contributed by atoms with E-state index in [-0.39, 0.29) is 30.7 Å². The highest BCUT2D eigenvalue weighted by molar-refractivity contribution is 7.13. The van der Waals surface area contributed by atoms with Crippen molar-refractivity contribution < 1.29 is 9.53 Å². The third-order valence-electron chi connectivity index (χ3n) is 5.33. The van der Waals surface area contributed by atoms with Crippen molar-refractivity contribution in [2.24, 2.45) is 5.92 Å². The van der Waals surface area contributed by atoms with E-state index < -0.39 is 0 Å². The molecule has 4 rings (SSSR count). The number of nitrogens with zero attached hydrogens (tertiary/aromatic N) is 2. The molecule has 3 aliphatic rings. The van der Waals surface area contributed by atoms with Crippen LogP contribution in [0.25, 0.3) is 0 Å². The maximum absolute atomic E-state index is 12.3. The Labute approximate surface area is 171 Å². The van der Waals surface area contributed by atoms with Crippen LogP contribution in [0.4, 0.5) is 5.13 Å². The summed E-state index contributed by atoms with van der Waals surface area (Å²) in [5, 5.41) is 9.42. The van der Waals surface area contributed by atoms with Crippen molar-refractivity contribution in [2.45, 2.75) is 50.7 Å². The molecule has 2 N–H and O–H groups in total. The van der Waals surface area contributed by atoms with Gasteiger partial charge in [0.1, 0.15) is 0 Å². The second-order valence-corrected chi connectivity index (χ2v) is 8.12. The topological polar surface area (TPSA) is 66.5 Å². The van der Waals surface area contributed by atoms with Crippen molar-refractivity contribution >= 4 is 47.2 Å². The van der Waals surface area contributed by atoms with E-state index >= 15 is 0 Å². The summed E-state index contributed by atoms with van der Waals surface area (Å²) >= 11 is 1.53. The number of hydrogen-bond acceptors (Lipinski definition) is 6. The van der Waals surface area contributed by atoms with Crippen molar-refractivity contribution in [3.05, 3.63) is 11.1 Å². The second kappa shape index (κ2) is 10.2. The van der Waals surface area contributed by atoms with E-state index in [9.17, 15) is 4.79 Å². The molecule has 3 saturated heterocycles. The van der Waals surface area contributed by atoms with Crippen LogP contribution in [0.1, 0.15) is 37.8 Å². The normalized spacial score (nSPS) is 28.1. The molecular weight excluding hydrogens is 395 g/mol. The van der Waals surface area contributed by atoms with Gasteiger partial charge in [-0.2, -0.15) is 0 Å². The summed E-state index contributed by atoms with van der Waals surface area (Å²) in [5.41, 5.74) is 1.04. The first-order valence-electron chi connectivity index (χ1n) is 9.05. The van der Waals surface area contributed by atoms with Crippen LogP contribution in [0.5, 0.6) is 0 Å². The van der Waals surface area contributed by atoms with Gasteiger partial charge in [0.2, 0.25) is 5.91 Å². The minimum absolute atomic E-state index is 0. The molecule has 0 aliphatic carbocycles. The third kappa shape index (κ3) is 5.78. The number of piperidine rings is 1. The molecule has 0 spiro atoms. The number of carbonyl (C=O) groups excluding carboxylic acids is 1. The molecule has 1 amide bonds. The van der Waals surface area contributed by atoms with Crippen molar-refractivity contribution in [1.29, 1.82) is 0 Å². The molecule has 3 aliphatic heterocycles. The smallest absolute Gasteiger partial charge is 0.226 e. The van der Waals surface area contributed by atoms with Crippen LogP contribution in [0.2, 0.25) is 0 Å². The lowest BCUT2D eigenvalue weighted by Gasteiger charge is -2.28. The molecule has 6 nitrogen and oxygen atoms in total. The van der Waals surface area contributed by atoms with Gasteiger partial charge in [0, 0.05) is 43.5 Å². The van der Waals surface area contributed by atoms with Gasteiger partial charge in [0.25, 0.3) is 0 Å². The van der Waals surface area contributed by atoms with Crippen LogP contribution >= 0.6 is 36.2 Å². The number of aromatic nitrogens is 1. The number of nitrogens with one attached hydrogen (secondary N) is 2. The molecule has 3 fully saturated rings. The van der Waals surface area contributed by atoms with Gasteiger partial charge in [-0.25, -0.2) is 4.98 Å². The summed E-state index contributed by atoms with van der Waals surface area (Å²) < 4.78 is 5.37. The Morgan fingerprint density at radius 1 is 1.27 bits per heavy atom. The van der Waals surface area contributed by atoms with Crippen LogP contribution in [0.3, 0.4) is 0 Å². The molecule has 2 unspecified atom stereocenters. The predicted molar refractivity (Wildman–Crippen MR) is 109 cm³/mol. The monoisotopic (exact) mass is 422 g/mol. The van der Waals surface area contributed by atoms with E-state index in [2.05, 4.69) is 25.9 Å². The van der Waals surface area contributed by atoms with Crippen molar-refractivity contribution in [1.82, 2.24) is 15.2 Å². The molecule has 26 heavy (non-hydrogen) atoms. The highest BCUT2D eigenvalue weighted by Crippen LogP contribution is 2.32. The second-order valence-electron chi connectivity index (χ2n) is 7.26. The average Bonchev–Trinajstić information content (AvgIpc) is 3.14. The molecule has 1 aromatic rings. The maximum atomic E-state index is 12.3. The van der Waals surface area contributed by atoms with E-state index in [4.69, 9.17) is 4.74 Å². The Morgan fingerprint density at radius 3 is 2.65 bits per heavy atom. The van der Waals surface area contributed by atoms with E-state index in [1.807, 2.05) is 0 Å². The lowest BCUT2D eigenvalue weighted by atomic mass is 9.89. The van der Waals surface area contributed by atoms with Crippen LogP contribution in [-0.2, 0) is 16.1 Å². The minimum Gasteiger partial charge on any atom is -0.379 e. The molecule has 9 heteroatoms. The quantitative estimate of drug-likeness (QED) is 0.763. The summed E-state index contributed by atoms with van der Waals surface area (Å²) in [6.07, 6.45) is 5.47. The number of hydrogen-bond donors (Lipinski definition) is 2. The number of anilines is 1. The van der Waals surface area contributed by atoms with E-state index in [1.165, 1.54) is 24.2 Å². The van der Waals surface area contributed by atoms with Gasteiger partial charge in [-0.3, -0.25) is 9.69 Å². The Kier molecular flexibility index (Phi) is 8.57. The molecule has 0 saturated carbocycles. The van der Waals surface area contributed by atoms with Gasteiger partial charge in [0.15, 0.2) is 5.13 Å². The van der Waals surface area contributed by atoms with Gasteiger partial charge in [-0.15, -0.1) is 36.2 Å². The van der Waals surface area contributed by atoms with Gasteiger partial charge < -0.3 is 15.4 Å². The zero-order valence-electron chi connectivity index (χ0n) is 14.8. The number of morpholine rings is 1. The average molecular weight is 423 g/mol. The minimum atomic E-state index is 0. The van der Waals surface area contributed by atoms with Crippen LogP contribution in [0, 0.1) is 5.92 Å². The Bertz CT molecular complexity index is 571. The molecular formula is C17H28Cl2N4O2S. The lowest BCUT2D eigenvalue weighted by molar-refractivity contribution is -0.117. The predicted octanol–water partition coefficient (Wildman–Crippen LogP) is 2.68. The number of carbonyl (C=O) groups is 1. The van der Waals surface area contributed by atoms with Gasteiger partial charge in [-0.05, 0) is 31.6 Å². The van der Waals surface area contributed by atoms with Crippen molar-refractivity contribution in [3.63, 3.8) is 0 Å². The number of fused-ring (bicyclic) bond motifs is 2. The van der Waals surface area contributed by atoms with Gasteiger partial charge >= 0.3 is 0 Å². The first kappa shape index (κ1) is 21.9. The lowest BCUT2D eigenvalue weighted by Crippen LogP contribution is -2.39. The van der Waals surface area contributed by atoms with Crippen LogP contribution in [-0.4, -0.2) is 54.2 Å². The third-order valence-corrected chi connectivity index (χ3v) is 6.14. The zero-order chi connectivity index (χ0) is 16.4. The fourth-order valence-electron chi connectivity index (χ4n) is 4.20. The highest BCUT2D eigenvalue weighted by atomic mass is 35.5. The van der Waals surface area contributed by atoms with Crippen molar-refractivity contribution in [3.8, 4) is 0 Å². The standard InChI is InChI=1S/C17H26N4O2S.2ClH/c22-16(9-12-7-13-1-2-14(8-12)18-13)20-17-19-15(11-24-17)10-21-3-5-23-6-4-21;;/h11-14,18H,1-10H2,(H,19,20,22);2*1H. The Hall–Kier alpha value is -0.440. The van der Waals surface area contributed by atoms with E-state index in [0.717, 1.165) is 56.5 Å². The summed E-state index contributed by atoms with van der Waals surface area (Å²) in [7, 11) is 0. The summed E-state index contributed by atoms with van der Waals surface area (Å²) in [5.74, 6) is 0.644. The molecule has 148 valence electrons. The molecule has 1 aromatic heterocycles. The van der Waals surface area contributed by atoms with Crippen LogP contribution < -0.4 is 10.6 Å². The van der Waals surface area contributed by atoms with Crippen molar-refractivity contribution in [2.75, 3.05) is 31.6 Å². The SMILES string of the molecule is Cl.Cl.O=C(CC1CC2CCC(C1)N2)Nc1nc(CN2CCOCC2)cs1. The first-order valence-corrected chi connectivity index (χ1v) is 9.93. The number of ether oxygens (including phenoxy) is 1. The van der Waals surface area contributed by atoms with Crippen LogP contribution in [0.15, 0.2) is 5.38 Å². The van der Waals surface area contributed by atoms with E-state index in [0.29, 0.717) is 24.4 Å². The number of halogens is 2. The molecule has 2 bridgehead atoms. The Balaban J connectivity index is 0.00000121. The zero-order valence-corrected chi connectivity index (χ0v) is 17.3. The highest BCUT2D eigenvalue weighted by Gasteiger charge is 2.34. The molecule has 0 aromatic carbocycles. The Morgan fingerprint density at radius 2 is 1.96 bits per heavy atom. The summed E-state index contributed by atoms with van der Waals surface area (Å²) in [4.78, 5) is 19.2. The van der Waals surface area contributed by atoms with Gasteiger partial charge in [-0.1, -0.05) is 0 Å². The number of amides is 1. The maximum Gasteiger partial charge on any atom is 0.226 e. The first-order chi connectivity index (χ1) is 11.7. The number of thiazole rings is 1. The molecule has 4 heterocycles. The number of rotatable bonds is 5. The fraction of sp³-hybridized carbons (Fsp3) is 0.765.